The fourth-order valence-corrected chi connectivity index (χ4v) is 5.68. The average Bonchev–Trinajstić information content (AvgIpc) is 3.17. The molecule has 42 heavy (non-hydrogen) atoms. The van der Waals surface area contributed by atoms with Crippen LogP contribution in [0.25, 0.3) is 6.08 Å². The molecular formula is C28H34O14. The molecule has 0 amide bonds. The van der Waals surface area contributed by atoms with Crippen LogP contribution in [0.1, 0.15) is 25.8 Å². The van der Waals surface area contributed by atoms with E-state index >= 15 is 0 Å². The zero-order valence-corrected chi connectivity index (χ0v) is 23.1. The third kappa shape index (κ3) is 5.92. The number of methoxy groups -OCH3 is 1. The molecule has 0 spiro atoms. The van der Waals surface area contributed by atoms with Crippen LogP contribution in [0.3, 0.4) is 0 Å². The van der Waals surface area contributed by atoms with E-state index in [1.807, 2.05) is 0 Å². The van der Waals surface area contributed by atoms with Crippen LogP contribution in [0.15, 0.2) is 48.2 Å². The van der Waals surface area contributed by atoms with Crippen molar-refractivity contribution in [1.82, 2.24) is 0 Å². The number of hydrogen-bond acceptors (Lipinski definition) is 14. The lowest BCUT2D eigenvalue weighted by molar-refractivity contribution is -0.352. The van der Waals surface area contributed by atoms with Gasteiger partial charge >= 0.3 is 17.9 Å². The Labute approximate surface area is 240 Å². The van der Waals surface area contributed by atoms with E-state index in [1.165, 1.54) is 13.0 Å². The van der Waals surface area contributed by atoms with E-state index in [0.29, 0.717) is 5.56 Å². The van der Waals surface area contributed by atoms with Crippen LogP contribution < -0.4 is 0 Å². The molecular weight excluding hydrogens is 560 g/mol. The molecule has 4 rings (SSSR count). The summed E-state index contributed by atoms with van der Waals surface area (Å²) in [7, 11) is 1.06. The second-order valence-corrected chi connectivity index (χ2v) is 10.4. The molecule has 14 heteroatoms. The standard InChI is InChI=1S/C28H34O14/c1-14(30)42-27(2)11-18(40-19(31)10-9-15-7-5-4-6-8-15)28(36)16(24(35)37-3)13-38-26(23(27)28)41-25-22(34)21(33)20(32)17(12-29)39-25/h4-10,13,17-18,20-23,25-26,29,32-34,36H,11-12H2,1-3H3/b10-9+/t17-,18-,20-,21+,22-,23-,25+,26+,27+,28-/m1/s1. The van der Waals surface area contributed by atoms with Crippen molar-refractivity contribution in [3.63, 3.8) is 0 Å². The number of aliphatic hydroxyl groups is 5. The largest absolute Gasteiger partial charge is 0.471 e. The SMILES string of the molecule is COC(=O)C1=CO[C@@H](O[C@@H]2O[C@H](CO)[C@@H](O)[C@H](O)[C@H]2O)[C@H]2[C@]1(O)[C@H](OC(=O)/C=C/c1ccccc1)C[C@]2(C)OC(C)=O. The van der Waals surface area contributed by atoms with Gasteiger partial charge in [0.15, 0.2) is 6.29 Å². The van der Waals surface area contributed by atoms with Crippen LogP contribution in [-0.2, 0) is 42.8 Å². The maximum atomic E-state index is 12.9. The van der Waals surface area contributed by atoms with Crippen LogP contribution in [0.4, 0.5) is 0 Å². The van der Waals surface area contributed by atoms with Crippen LogP contribution in [0, 0.1) is 5.92 Å². The van der Waals surface area contributed by atoms with Crippen molar-refractivity contribution in [3.05, 3.63) is 53.8 Å². The van der Waals surface area contributed by atoms with E-state index in [0.717, 1.165) is 26.4 Å². The van der Waals surface area contributed by atoms with Gasteiger partial charge in [-0.1, -0.05) is 30.3 Å². The number of fused-ring (bicyclic) bond motifs is 1. The average molecular weight is 595 g/mol. The highest BCUT2D eigenvalue weighted by Crippen LogP contribution is 2.55. The van der Waals surface area contributed by atoms with Gasteiger partial charge in [-0.25, -0.2) is 9.59 Å². The Bertz CT molecular complexity index is 1210. The van der Waals surface area contributed by atoms with Gasteiger partial charge in [-0.05, 0) is 18.6 Å². The number of carbonyl (C=O) groups excluding carboxylic acids is 3. The molecule has 10 atom stereocenters. The van der Waals surface area contributed by atoms with E-state index in [2.05, 4.69) is 0 Å². The summed E-state index contributed by atoms with van der Waals surface area (Å²) < 4.78 is 32.9. The molecule has 1 aromatic rings. The van der Waals surface area contributed by atoms with Gasteiger partial charge in [0, 0.05) is 19.4 Å². The van der Waals surface area contributed by atoms with E-state index < -0.39 is 90.3 Å². The summed E-state index contributed by atoms with van der Waals surface area (Å²) >= 11 is 0. The summed E-state index contributed by atoms with van der Waals surface area (Å²) in [6.45, 7) is 1.78. The zero-order chi connectivity index (χ0) is 30.8. The molecule has 1 aromatic carbocycles. The van der Waals surface area contributed by atoms with E-state index in [9.17, 15) is 39.9 Å². The molecule has 14 nitrogen and oxygen atoms in total. The second kappa shape index (κ2) is 12.5. The fraction of sp³-hybridized carbons (Fsp3) is 0.536. The monoisotopic (exact) mass is 594 g/mol. The topological polar surface area (TPSA) is 208 Å². The minimum atomic E-state index is -2.43. The number of benzene rings is 1. The van der Waals surface area contributed by atoms with Gasteiger partial charge in [0.1, 0.15) is 53.6 Å². The maximum Gasteiger partial charge on any atom is 0.339 e. The Morgan fingerprint density at radius 1 is 1.07 bits per heavy atom. The predicted molar refractivity (Wildman–Crippen MR) is 138 cm³/mol. The fourth-order valence-electron chi connectivity index (χ4n) is 5.68. The summed E-state index contributed by atoms with van der Waals surface area (Å²) in [6, 6.07) is 8.83. The Morgan fingerprint density at radius 2 is 1.76 bits per heavy atom. The van der Waals surface area contributed by atoms with Crippen molar-refractivity contribution >= 4 is 24.0 Å². The molecule has 230 valence electrons. The third-order valence-electron chi connectivity index (χ3n) is 7.61. The van der Waals surface area contributed by atoms with Gasteiger partial charge in [-0.15, -0.1) is 0 Å². The van der Waals surface area contributed by atoms with Gasteiger partial charge in [-0.3, -0.25) is 4.79 Å². The highest BCUT2D eigenvalue weighted by Gasteiger charge is 2.71. The van der Waals surface area contributed by atoms with Crippen LogP contribution >= 0.6 is 0 Å². The number of carbonyl (C=O) groups is 3. The van der Waals surface area contributed by atoms with Gasteiger partial charge in [0.2, 0.25) is 6.29 Å². The van der Waals surface area contributed by atoms with Crippen molar-refractivity contribution in [2.75, 3.05) is 13.7 Å². The van der Waals surface area contributed by atoms with Crippen LogP contribution in [0.5, 0.6) is 0 Å². The summed E-state index contributed by atoms with van der Waals surface area (Å²) in [5.74, 6) is -4.21. The van der Waals surface area contributed by atoms with E-state index in [1.54, 1.807) is 30.3 Å². The lowest BCUT2D eigenvalue weighted by Gasteiger charge is -2.47. The summed E-state index contributed by atoms with van der Waals surface area (Å²) in [6.07, 6.45) is -8.42. The molecule has 0 aromatic heterocycles. The first-order valence-electron chi connectivity index (χ1n) is 13.1. The van der Waals surface area contributed by atoms with Crippen LogP contribution in [0.2, 0.25) is 0 Å². The molecule has 2 fully saturated rings. The Balaban J connectivity index is 1.71. The molecule has 2 aliphatic heterocycles. The van der Waals surface area contributed by atoms with Crippen molar-refractivity contribution in [2.24, 2.45) is 5.92 Å². The Morgan fingerprint density at radius 3 is 2.38 bits per heavy atom. The molecule has 0 bridgehead atoms. The van der Waals surface area contributed by atoms with Gasteiger partial charge in [-0.2, -0.15) is 0 Å². The number of aliphatic hydroxyl groups excluding tert-OH is 4. The normalized spacial score (nSPS) is 37.8. The minimum Gasteiger partial charge on any atom is -0.471 e. The molecule has 5 N–H and O–H groups in total. The summed E-state index contributed by atoms with van der Waals surface area (Å²) in [4.78, 5) is 37.9. The lowest BCUT2D eigenvalue weighted by atomic mass is 9.76. The molecule has 0 unspecified atom stereocenters. The molecule has 3 aliphatic rings. The molecule has 0 radical (unpaired) electrons. The Kier molecular flexibility index (Phi) is 9.37. The number of hydrogen-bond donors (Lipinski definition) is 5. The zero-order valence-electron chi connectivity index (χ0n) is 23.1. The van der Waals surface area contributed by atoms with Gasteiger partial charge < -0.3 is 54.0 Å². The first-order valence-corrected chi connectivity index (χ1v) is 13.1. The number of rotatable bonds is 8. The highest BCUT2D eigenvalue weighted by atomic mass is 16.8. The van der Waals surface area contributed by atoms with Crippen molar-refractivity contribution in [3.8, 4) is 0 Å². The molecule has 2 heterocycles. The molecule has 1 aliphatic carbocycles. The summed E-state index contributed by atoms with van der Waals surface area (Å²) in [5, 5.41) is 52.6. The smallest absolute Gasteiger partial charge is 0.339 e. The molecule has 1 saturated heterocycles. The highest BCUT2D eigenvalue weighted by molar-refractivity contribution is 5.92. The quantitative estimate of drug-likeness (QED) is 0.138. The van der Waals surface area contributed by atoms with Crippen molar-refractivity contribution < 1.29 is 68.3 Å². The van der Waals surface area contributed by atoms with Gasteiger partial charge in [0.05, 0.1) is 19.6 Å². The van der Waals surface area contributed by atoms with Crippen molar-refractivity contribution in [2.45, 2.75) is 74.6 Å². The molecule has 1 saturated carbocycles. The minimum absolute atomic E-state index is 0.328. The summed E-state index contributed by atoms with van der Waals surface area (Å²) in [5.41, 5.74) is -3.91. The number of esters is 3. The van der Waals surface area contributed by atoms with E-state index in [-0.39, 0.29) is 6.42 Å². The maximum absolute atomic E-state index is 12.9. The first kappa shape index (κ1) is 31.6. The van der Waals surface area contributed by atoms with E-state index in [4.69, 9.17) is 28.4 Å². The van der Waals surface area contributed by atoms with Crippen LogP contribution in [-0.4, -0.2) is 111 Å². The van der Waals surface area contributed by atoms with Gasteiger partial charge in [0.25, 0.3) is 0 Å². The van der Waals surface area contributed by atoms with Crippen molar-refractivity contribution in [1.29, 1.82) is 0 Å². The Hall–Kier alpha value is -3.37. The number of ether oxygens (including phenoxy) is 6. The lowest BCUT2D eigenvalue weighted by Crippen LogP contribution is -2.63. The third-order valence-corrected chi connectivity index (χ3v) is 7.61. The predicted octanol–water partition coefficient (Wildman–Crippen LogP) is -1.09. The second-order valence-electron chi connectivity index (χ2n) is 10.4. The first-order chi connectivity index (χ1) is 19.8.